The van der Waals surface area contributed by atoms with E-state index in [1.807, 2.05) is 0 Å². The maximum atomic E-state index is 9.45. The summed E-state index contributed by atoms with van der Waals surface area (Å²) in [6, 6.07) is 0. The Balaban J connectivity index is 5.04. The fraction of sp³-hybridized carbons (Fsp3) is 0.875. The van der Waals surface area contributed by atoms with Crippen LogP contribution in [-0.2, 0) is 4.43 Å². The van der Waals surface area contributed by atoms with E-state index in [0.29, 0.717) is 29.1 Å². The van der Waals surface area contributed by atoms with Crippen LogP contribution >= 0.6 is 0 Å². The quantitative estimate of drug-likeness (QED) is 0.515. The first-order chi connectivity index (χ1) is 8.68. The van der Waals surface area contributed by atoms with Gasteiger partial charge in [-0.25, -0.2) is 0 Å². The summed E-state index contributed by atoms with van der Waals surface area (Å²) < 4.78 is 6.48. The lowest BCUT2D eigenvalue weighted by molar-refractivity contribution is 0.266. The molecule has 2 nitrogen and oxygen atoms in total. The summed E-state index contributed by atoms with van der Waals surface area (Å²) in [5, 5.41) is 9.45. The number of aliphatic hydroxyl groups is 1. The minimum absolute atomic E-state index is 0.108. The molecular weight excluding hydrogens is 252 g/mol. The zero-order valence-corrected chi connectivity index (χ0v) is 15.2. The molecule has 0 atom stereocenters. The number of rotatable bonds is 8. The van der Waals surface area contributed by atoms with Crippen LogP contribution in [0.15, 0.2) is 11.6 Å². The third-order valence-corrected chi connectivity index (χ3v) is 10.0. The summed E-state index contributed by atoms with van der Waals surface area (Å²) in [5.74, 6) is 0.457. The first-order valence-corrected chi connectivity index (χ1v) is 9.76. The summed E-state index contributed by atoms with van der Waals surface area (Å²) in [7, 11) is -1.81. The van der Waals surface area contributed by atoms with Gasteiger partial charge in [0, 0.05) is 0 Å². The fourth-order valence-corrected chi connectivity index (χ4v) is 8.77. The second-order valence-corrected chi connectivity index (χ2v) is 12.3. The van der Waals surface area contributed by atoms with Crippen molar-refractivity contribution in [2.45, 2.75) is 72.0 Å². The summed E-state index contributed by atoms with van der Waals surface area (Å²) in [5.41, 5.74) is 2.79. The Labute approximate surface area is 121 Å². The second-order valence-electron chi connectivity index (χ2n) is 6.83. The fourth-order valence-electron chi connectivity index (χ4n) is 3.34. The van der Waals surface area contributed by atoms with Crippen molar-refractivity contribution in [3.05, 3.63) is 11.6 Å². The predicted octanol–water partition coefficient (Wildman–Crippen LogP) is 4.75. The van der Waals surface area contributed by atoms with Crippen LogP contribution in [0, 0.1) is 5.92 Å². The molecule has 0 rings (SSSR count). The van der Waals surface area contributed by atoms with Gasteiger partial charge in [-0.15, -0.1) is 0 Å². The number of aliphatic hydroxyl groups excluding tert-OH is 1. The Kier molecular flexibility index (Phi) is 8.17. The standard InChI is InChI=1S/C16H34O2Si/c1-12(2)9-16(10-17)11-18-19(13(3)4,14(5)6)15(7)8/h9,12-15,17H,10-11H2,1-8H3/b16-9-. The second kappa shape index (κ2) is 8.23. The third kappa shape index (κ3) is 5.05. The lowest BCUT2D eigenvalue weighted by Crippen LogP contribution is -2.48. The monoisotopic (exact) mass is 286 g/mol. The molecule has 1 N–H and O–H groups in total. The van der Waals surface area contributed by atoms with Crippen LogP contribution in [0.5, 0.6) is 0 Å². The largest absolute Gasteiger partial charge is 0.412 e. The van der Waals surface area contributed by atoms with Gasteiger partial charge >= 0.3 is 0 Å². The minimum atomic E-state index is -1.81. The van der Waals surface area contributed by atoms with Crippen LogP contribution in [-0.4, -0.2) is 26.6 Å². The molecule has 114 valence electrons. The molecule has 0 bridgehead atoms. The van der Waals surface area contributed by atoms with Crippen molar-refractivity contribution >= 4 is 8.32 Å². The Bertz CT molecular complexity index is 259. The SMILES string of the molecule is CC(C)/C=C(/CO)CO[Si](C(C)C)(C(C)C)C(C)C. The highest BCUT2D eigenvalue weighted by Crippen LogP contribution is 2.42. The van der Waals surface area contributed by atoms with Crippen LogP contribution in [0.4, 0.5) is 0 Å². The molecule has 0 aliphatic heterocycles. The van der Waals surface area contributed by atoms with E-state index in [2.05, 4.69) is 61.5 Å². The molecule has 0 saturated heterocycles. The summed E-state index contributed by atoms with van der Waals surface area (Å²) in [4.78, 5) is 0. The van der Waals surface area contributed by atoms with Gasteiger partial charge in [-0.05, 0) is 28.1 Å². The number of hydrogen-bond acceptors (Lipinski definition) is 2. The van der Waals surface area contributed by atoms with Crippen molar-refractivity contribution in [1.29, 1.82) is 0 Å². The van der Waals surface area contributed by atoms with E-state index in [9.17, 15) is 5.11 Å². The highest BCUT2D eigenvalue weighted by Gasteiger charge is 2.44. The van der Waals surface area contributed by atoms with E-state index in [4.69, 9.17) is 4.43 Å². The molecule has 0 saturated carbocycles. The van der Waals surface area contributed by atoms with E-state index in [0.717, 1.165) is 5.57 Å². The Morgan fingerprint density at radius 3 is 1.63 bits per heavy atom. The average Bonchev–Trinajstić information content (AvgIpc) is 2.26. The van der Waals surface area contributed by atoms with Gasteiger partial charge < -0.3 is 9.53 Å². The Morgan fingerprint density at radius 2 is 1.37 bits per heavy atom. The maximum absolute atomic E-state index is 9.45. The molecule has 0 heterocycles. The summed E-state index contributed by atoms with van der Waals surface area (Å²) in [6.45, 7) is 18.7. The van der Waals surface area contributed by atoms with Gasteiger partial charge in [0.1, 0.15) is 0 Å². The van der Waals surface area contributed by atoms with Crippen LogP contribution in [0.25, 0.3) is 0 Å². The maximum Gasteiger partial charge on any atom is 0.200 e. The van der Waals surface area contributed by atoms with Gasteiger partial charge in [0.05, 0.1) is 13.2 Å². The highest BCUT2D eigenvalue weighted by atomic mass is 28.4. The molecule has 0 unspecified atom stereocenters. The van der Waals surface area contributed by atoms with E-state index in [1.165, 1.54) is 0 Å². The molecule has 0 amide bonds. The first-order valence-electron chi connectivity index (χ1n) is 7.62. The predicted molar refractivity (Wildman–Crippen MR) is 87.0 cm³/mol. The zero-order chi connectivity index (χ0) is 15.2. The van der Waals surface area contributed by atoms with E-state index < -0.39 is 8.32 Å². The topological polar surface area (TPSA) is 29.5 Å². The van der Waals surface area contributed by atoms with E-state index in [1.54, 1.807) is 0 Å². The molecule has 3 heteroatoms. The minimum Gasteiger partial charge on any atom is -0.412 e. The van der Waals surface area contributed by atoms with Crippen LogP contribution in [0.1, 0.15) is 55.4 Å². The molecule has 0 spiro atoms. The van der Waals surface area contributed by atoms with Crippen molar-refractivity contribution in [2.24, 2.45) is 5.92 Å². The van der Waals surface area contributed by atoms with Crippen molar-refractivity contribution < 1.29 is 9.53 Å². The molecular formula is C16H34O2Si. The molecule has 0 fully saturated rings. The lowest BCUT2D eigenvalue weighted by Gasteiger charge is -2.42. The van der Waals surface area contributed by atoms with Gasteiger partial charge in [0.25, 0.3) is 0 Å². The Morgan fingerprint density at radius 1 is 0.947 bits per heavy atom. The molecule has 0 aliphatic carbocycles. The Hall–Kier alpha value is -0.123. The molecule has 0 aromatic carbocycles. The third-order valence-electron chi connectivity index (χ3n) is 3.99. The van der Waals surface area contributed by atoms with Gasteiger partial charge in [-0.1, -0.05) is 61.5 Å². The van der Waals surface area contributed by atoms with Crippen molar-refractivity contribution in [1.82, 2.24) is 0 Å². The molecule has 0 aromatic heterocycles. The molecule has 0 aromatic rings. The smallest absolute Gasteiger partial charge is 0.200 e. The molecule has 0 radical (unpaired) electrons. The normalized spacial score (nSPS) is 14.3. The zero-order valence-electron chi connectivity index (χ0n) is 14.2. The van der Waals surface area contributed by atoms with Crippen LogP contribution in [0.3, 0.4) is 0 Å². The van der Waals surface area contributed by atoms with Crippen LogP contribution in [0.2, 0.25) is 16.6 Å². The van der Waals surface area contributed by atoms with E-state index in [-0.39, 0.29) is 6.61 Å². The molecule has 19 heavy (non-hydrogen) atoms. The number of hydrogen-bond donors (Lipinski definition) is 1. The van der Waals surface area contributed by atoms with Gasteiger partial charge in [-0.3, -0.25) is 0 Å². The average molecular weight is 287 g/mol. The lowest BCUT2D eigenvalue weighted by atomic mass is 10.1. The van der Waals surface area contributed by atoms with Crippen molar-refractivity contribution in [3.63, 3.8) is 0 Å². The number of allylic oxidation sites excluding steroid dienone is 1. The first kappa shape index (κ1) is 18.9. The van der Waals surface area contributed by atoms with Gasteiger partial charge in [0.2, 0.25) is 8.32 Å². The molecule has 0 aliphatic rings. The van der Waals surface area contributed by atoms with Crippen LogP contribution < -0.4 is 0 Å². The van der Waals surface area contributed by atoms with Crippen molar-refractivity contribution in [2.75, 3.05) is 13.2 Å². The summed E-state index contributed by atoms with van der Waals surface area (Å²) >= 11 is 0. The van der Waals surface area contributed by atoms with Gasteiger partial charge in [-0.2, -0.15) is 0 Å². The van der Waals surface area contributed by atoms with Gasteiger partial charge in [0.15, 0.2) is 0 Å². The highest BCUT2D eigenvalue weighted by molar-refractivity contribution is 6.77. The van der Waals surface area contributed by atoms with E-state index >= 15 is 0 Å². The van der Waals surface area contributed by atoms with Crippen molar-refractivity contribution in [3.8, 4) is 0 Å². The summed E-state index contributed by atoms with van der Waals surface area (Å²) in [6.07, 6.45) is 2.13.